The van der Waals surface area contributed by atoms with Gasteiger partial charge in [0.2, 0.25) is 0 Å². The third-order valence-electron chi connectivity index (χ3n) is 4.87. The summed E-state index contributed by atoms with van der Waals surface area (Å²) < 4.78 is 31.1. The van der Waals surface area contributed by atoms with E-state index >= 15 is 0 Å². The topological polar surface area (TPSA) is 110 Å². The summed E-state index contributed by atoms with van der Waals surface area (Å²) in [6.07, 6.45) is 1.27. The van der Waals surface area contributed by atoms with E-state index in [0.29, 0.717) is 5.56 Å². The number of imide groups is 2. The number of carbonyl (C=O) groups excluding carboxylic acids is 3. The Labute approximate surface area is 204 Å². The highest BCUT2D eigenvalue weighted by atomic mass is 79.9. The summed E-state index contributed by atoms with van der Waals surface area (Å²) in [7, 11) is -4.08. The molecule has 4 rings (SSSR count). The number of halogens is 1. The molecule has 1 aliphatic heterocycles. The van der Waals surface area contributed by atoms with Crippen molar-refractivity contribution in [2.45, 2.75) is 11.8 Å². The van der Waals surface area contributed by atoms with Gasteiger partial charge in [0.05, 0.1) is 5.69 Å². The minimum Gasteiger partial charge on any atom is -0.379 e. The first-order chi connectivity index (χ1) is 16.1. The Morgan fingerprint density at radius 1 is 0.941 bits per heavy atom. The van der Waals surface area contributed by atoms with Crippen LogP contribution in [0.4, 0.5) is 10.5 Å². The fraction of sp³-hybridized carbons (Fsp3) is 0.0417. The van der Waals surface area contributed by atoms with Crippen LogP contribution in [0.5, 0.6) is 5.75 Å². The fourth-order valence-corrected chi connectivity index (χ4v) is 4.37. The summed E-state index contributed by atoms with van der Waals surface area (Å²) in [6.45, 7) is 1.84. The first-order valence-corrected chi connectivity index (χ1v) is 12.1. The Kier molecular flexibility index (Phi) is 6.36. The Balaban J connectivity index is 1.63. The minimum absolute atomic E-state index is 0.000524. The van der Waals surface area contributed by atoms with E-state index in [1.54, 1.807) is 42.5 Å². The van der Waals surface area contributed by atoms with Crippen LogP contribution >= 0.6 is 15.9 Å². The van der Waals surface area contributed by atoms with Gasteiger partial charge in [0.15, 0.2) is 0 Å². The first kappa shape index (κ1) is 23.4. The van der Waals surface area contributed by atoms with Crippen molar-refractivity contribution in [1.82, 2.24) is 5.32 Å². The van der Waals surface area contributed by atoms with Crippen LogP contribution in [0, 0.1) is 6.92 Å². The molecule has 0 radical (unpaired) electrons. The molecule has 1 N–H and O–H groups in total. The SMILES string of the molecule is Cc1ccc(S(=O)(=O)Oc2cccc(/C=C3/C(=O)NC(=O)N(c4ccc(Br)cc4)C3=O)c2)cc1. The highest BCUT2D eigenvalue weighted by Crippen LogP contribution is 2.25. The number of rotatable bonds is 5. The van der Waals surface area contributed by atoms with Crippen LogP contribution in [0.3, 0.4) is 0 Å². The molecule has 0 aromatic heterocycles. The molecule has 0 unspecified atom stereocenters. The monoisotopic (exact) mass is 540 g/mol. The van der Waals surface area contributed by atoms with Gasteiger partial charge in [0.1, 0.15) is 16.2 Å². The van der Waals surface area contributed by atoms with Gasteiger partial charge in [0, 0.05) is 4.47 Å². The van der Waals surface area contributed by atoms with Crippen LogP contribution in [0.2, 0.25) is 0 Å². The van der Waals surface area contributed by atoms with Gasteiger partial charge in [-0.2, -0.15) is 8.42 Å². The molecule has 0 atom stereocenters. The van der Waals surface area contributed by atoms with Gasteiger partial charge in [-0.25, -0.2) is 9.69 Å². The van der Waals surface area contributed by atoms with Crippen LogP contribution in [0.1, 0.15) is 11.1 Å². The van der Waals surface area contributed by atoms with E-state index in [1.165, 1.54) is 36.4 Å². The number of nitrogens with one attached hydrogen (secondary N) is 1. The van der Waals surface area contributed by atoms with Crippen molar-refractivity contribution in [3.8, 4) is 5.75 Å². The highest BCUT2D eigenvalue weighted by molar-refractivity contribution is 9.10. The highest BCUT2D eigenvalue weighted by Gasteiger charge is 2.36. The lowest BCUT2D eigenvalue weighted by molar-refractivity contribution is -0.122. The molecular formula is C24H17BrN2O6S. The molecule has 10 heteroatoms. The predicted octanol–water partition coefficient (Wildman–Crippen LogP) is 4.19. The van der Waals surface area contributed by atoms with Crippen LogP contribution in [-0.4, -0.2) is 26.3 Å². The number of urea groups is 1. The summed E-state index contributed by atoms with van der Waals surface area (Å²) in [4.78, 5) is 38.5. The zero-order chi connectivity index (χ0) is 24.5. The number of hydrogen-bond donors (Lipinski definition) is 1. The van der Waals surface area contributed by atoms with Crippen molar-refractivity contribution in [1.29, 1.82) is 0 Å². The molecule has 1 heterocycles. The number of anilines is 1. The lowest BCUT2D eigenvalue weighted by Crippen LogP contribution is -2.54. The molecule has 1 fully saturated rings. The third-order valence-corrected chi connectivity index (χ3v) is 6.66. The average molecular weight is 541 g/mol. The smallest absolute Gasteiger partial charge is 0.339 e. The second-order valence-corrected chi connectivity index (χ2v) is 9.82. The maximum absolute atomic E-state index is 13.0. The Morgan fingerprint density at radius 3 is 2.29 bits per heavy atom. The molecule has 8 nitrogen and oxygen atoms in total. The standard InChI is InChI=1S/C24H17BrN2O6S/c1-15-5-11-20(12-6-15)34(31,32)33-19-4-2-3-16(13-19)14-21-22(28)26-24(30)27(23(21)29)18-9-7-17(25)8-10-18/h2-14H,1H3,(H,26,28,30)/b21-14-. The van der Waals surface area contributed by atoms with E-state index in [9.17, 15) is 22.8 Å². The fourth-order valence-electron chi connectivity index (χ4n) is 3.18. The number of barbiturate groups is 1. The molecule has 0 saturated carbocycles. The molecule has 0 bridgehead atoms. The Bertz CT molecular complexity index is 1430. The van der Waals surface area contributed by atoms with E-state index in [0.717, 1.165) is 14.9 Å². The summed E-state index contributed by atoms with van der Waals surface area (Å²) in [5.41, 5.74) is 1.23. The molecule has 172 valence electrons. The number of amides is 4. The van der Waals surface area contributed by atoms with E-state index in [2.05, 4.69) is 21.2 Å². The van der Waals surface area contributed by atoms with Crippen molar-refractivity contribution in [3.63, 3.8) is 0 Å². The van der Waals surface area contributed by atoms with Crippen molar-refractivity contribution in [2.75, 3.05) is 4.90 Å². The van der Waals surface area contributed by atoms with E-state index < -0.39 is 28.0 Å². The average Bonchev–Trinajstić information content (AvgIpc) is 2.78. The van der Waals surface area contributed by atoms with Crippen LogP contribution in [0.15, 0.2) is 87.7 Å². The molecule has 3 aromatic rings. The summed E-state index contributed by atoms with van der Waals surface area (Å²) in [6, 6.07) is 17.7. The largest absolute Gasteiger partial charge is 0.379 e. The van der Waals surface area contributed by atoms with Crippen molar-refractivity contribution < 1.29 is 27.0 Å². The maximum atomic E-state index is 13.0. The third kappa shape index (κ3) is 4.92. The van der Waals surface area contributed by atoms with Gasteiger partial charge in [-0.3, -0.25) is 14.9 Å². The molecule has 1 aliphatic rings. The number of aryl methyl sites for hydroxylation is 1. The quantitative estimate of drug-likeness (QED) is 0.295. The summed E-state index contributed by atoms with van der Waals surface area (Å²) in [5, 5.41) is 2.14. The van der Waals surface area contributed by atoms with Gasteiger partial charge in [-0.05, 0) is 67.1 Å². The number of benzene rings is 3. The maximum Gasteiger partial charge on any atom is 0.339 e. The van der Waals surface area contributed by atoms with Gasteiger partial charge in [0.25, 0.3) is 11.8 Å². The number of carbonyl (C=O) groups is 3. The van der Waals surface area contributed by atoms with Crippen molar-refractivity contribution in [3.05, 3.63) is 94.0 Å². The molecule has 34 heavy (non-hydrogen) atoms. The van der Waals surface area contributed by atoms with Gasteiger partial charge in [-0.15, -0.1) is 0 Å². The second-order valence-electron chi connectivity index (χ2n) is 7.36. The van der Waals surface area contributed by atoms with Gasteiger partial charge < -0.3 is 4.18 Å². The van der Waals surface area contributed by atoms with Gasteiger partial charge >= 0.3 is 16.1 Å². The first-order valence-electron chi connectivity index (χ1n) is 9.92. The number of nitrogens with zero attached hydrogens (tertiary/aromatic N) is 1. The number of hydrogen-bond acceptors (Lipinski definition) is 6. The lowest BCUT2D eigenvalue weighted by Gasteiger charge is -2.26. The molecular weight excluding hydrogens is 524 g/mol. The molecule has 3 aromatic carbocycles. The Hall–Kier alpha value is -3.76. The summed E-state index contributed by atoms with van der Waals surface area (Å²) >= 11 is 3.29. The van der Waals surface area contributed by atoms with Crippen LogP contribution in [-0.2, 0) is 19.7 Å². The molecule has 4 amide bonds. The zero-order valence-corrected chi connectivity index (χ0v) is 20.1. The zero-order valence-electron chi connectivity index (χ0n) is 17.7. The lowest BCUT2D eigenvalue weighted by atomic mass is 10.1. The van der Waals surface area contributed by atoms with Crippen molar-refractivity contribution in [2.24, 2.45) is 0 Å². The normalized spacial score (nSPS) is 15.4. The van der Waals surface area contributed by atoms with E-state index in [-0.39, 0.29) is 21.9 Å². The molecule has 0 spiro atoms. The van der Waals surface area contributed by atoms with E-state index in [1.807, 2.05) is 6.92 Å². The van der Waals surface area contributed by atoms with Crippen molar-refractivity contribution >= 4 is 55.7 Å². The Morgan fingerprint density at radius 2 is 1.62 bits per heavy atom. The minimum atomic E-state index is -4.08. The second kappa shape index (κ2) is 9.24. The predicted molar refractivity (Wildman–Crippen MR) is 129 cm³/mol. The van der Waals surface area contributed by atoms with Gasteiger partial charge in [-0.1, -0.05) is 45.8 Å². The summed E-state index contributed by atoms with van der Waals surface area (Å²) in [5.74, 6) is -1.67. The van der Waals surface area contributed by atoms with E-state index in [4.69, 9.17) is 4.18 Å². The van der Waals surface area contributed by atoms with Crippen LogP contribution in [0.25, 0.3) is 6.08 Å². The molecule has 1 saturated heterocycles. The molecule has 0 aliphatic carbocycles. The van der Waals surface area contributed by atoms with Crippen LogP contribution < -0.4 is 14.4 Å².